The van der Waals surface area contributed by atoms with E-state index in [1.807, 2.05) is 0 Å². The van der Waals surface area contributed by atoms with E-state index in [0.717, 1.165) is 70.8 Å². The highest BCUT2D eigenvalue weighted by Gasteiger charge is 2.27. The van der Waals surface area contributed by atoms with Crippen LogP contribution in [-0.2, 0) is 17.7 Å². The average Bonchev–Trinajstić information content (AvgIpc) is 3.14. The van der Waals surface area contributed by atoms with E-state index in [9.17, 15) is 0 Å². The Hall–Kier alpha value is -1.59. The second kappa shape index (κ2) is 9.93. The van der Waals surface area contributed by atoms with E-state index in [4.69, 9.17) is 9.73 Å². The van der Waals surface area contributed by atoms with Crippen molar-refractivity contribution in [3.8, 4) is 0 Å². The number of guanidine groups is 1. The molecule has 5 nitrogen and oxygen atoms in total. The van der Waals surface area contributed by atoms with E-state index >= 15 is 0 Å². The Morgan fingerprint density at radius 2 is 1.92 bits per heavy atom. The Morgan fingerprint density at radius 3 is 2.65 bits per heavy atom. The van der Waals surface area contributed by atoms with Crippen molar-refractivity contribution in [1.82, 2.24) is 15.1 Å². The van der Waals surface area contributed by atoms with Crippen LogP contribution in [0.5, 0.6) is 0 Å². The summed E-state index contributed by atoms with van der Waals surface area (Å²) >= 11 is 0. The van der Waals surface area contributed by atoms with Crippen LogP contribution in [0.4, 0.5) is 0 Å². The summed E-state index contributed by atoms with van der Waals surface area (Å²) in [6, 6.07) is 8.65. The number of hydrogen-bond acceptors (Lipinski definition) is 3. The van der Waals surface area contributed by atoms with Crippen molar-refractivity contribution < 1.29 is 4.74 Å². The molecule has 2 aliphatic heterocycles. The van der Waals surface area contributed by atoms with Gasteiger partial charge in [-0.2, -0.15) is 0 Å². The lowest BCUT2D eigenvalue weighted by Gasteiger charge is -2.29. The second-order valence-electron chi connectivity index (χ2n) is 7.31. The molecule has 3 rings (SSSR count). The highest BCUT2D eigenvalue weighted by Crippen LogP contribution is 2.19. The Labute approximate surface area is 158 Å². The molecule has 5 heteroatoms. The first kappa shape index (κ1) is 19.2. The van der Waals surface area contributed by atoms with Crippen LogP contribution in [0.15, 0.2) is 29.3 Å². The van der Waals surface area contributed by atoms with Gasteiger partial charge in [-0.15, -0.1) is 0 Å². The number of nitrogens with zero attached hydrogens (tertiary/aromatic N) is 3. The monoisotopic (exact) mass is 358 g/mol. The normalized spacial score (nSPS) is 22.0. The maximum Gasteiger partial charge on any atom is 0.194 e. The molecule has 0 spiro atoms. The lowest BCUT2D eigenvalue weighted by Crippen LogP contribution is -2.42. The minimum atomic E-state index is 0.736. The van der Waals surface area contributed by atoms with Crippen molar-refractivity contribution in [2.24, 2.45) is 10.9 Å². The predicted molar refractivity (Wildman–Crippen MR) is 108 cm³/mol. The number of likely N-dealkylation sites (tertiary alicyclic amines) is 1. The van der Waals surface area contributed by atoms with Gasteiger partial charge in [-0.05, 0) is 36.8 Å². The van der Waals surface area contributed by atoms with Gasteiger partial charge in [0, 0.05) is 39.3 Å². The van der Waals surface area contributed by atoms with Crippen molar-refractivity contribution in [3.05, 3.63) is 35.4 Å². The Morgan fingerprint density at radius 1 is 1.15 bits per heavy atom. The van der Waals surface area contributed by atoms with Crippen molar-refractivity contribution in [2.75, 3.05) is 52.5 Å². The third-order valence-electron chi connectivity index (χ3n) is 5.44. The maximum atomic E-state index is 5.47. The fourth-order valence-corrected chi connectivity index (χ4v) is 3.97. The molecule has 1 N–H and O–H groups in total. The smallest absolute Gasteiger partial charge is 0.194 e. The summed E-state index contributed by atoms with van der Waals surface area (Å²) in [4.78, 5) is 9.96. The molecule has 0 aromatic heterocycles. The van der Waals surface area contributed by atoms with E-state index in [2.05, 4.69) is 53.2 Å². The van der Waals surface area contributed by atoms with Crippen LogP contribution in [-0.4, -0.2) is 68.2 Å². The molecule has 2 saturated heterocycles. The zero-order valence-corrected chi connectivity index (χ0v) is 16.4. The van der Waals surface area contributed by atoms with Gasteiger partial charge in [0.15, 0.2) is 5.96 Å². The van der Waals surface area contributed by atoms with E-state index in [1.165, 1.54) is 24.1 Å². The first-order valence-corrected chi connectivity index (χ1v) is 10.2. The minimum Gasteiger partial charge on any atom is -0.379 e. The lowest BCUT2D eigenvalue weighted by molar-refractivity contribution is 0.0315. The molecule has 1 unspecified atom stereocenters. The van der Waals surface area contributed by atoms with Crippen molar-refractivity contribution in [3.63, 3.8) is 0 Å². The number of nitrogens with one attached hydrogen (secondary N) is 1. The summed E-state index contributed by atoms with van der Waals surface area (Å²) in [7, 11) is 0. The summed E-state index contributed by atoms with van der Waals surface area (Å²) in [5.41, 5.74) is 2.74. The van der Waals surface area contributed by atoms with Crippen LogP contribution in [0, 0.1) is 5.92 Å². The van der Waals surface area contributed by atoms with Gasteiger partial charge in [0.1, 0.15) is 0 Å². The zero-order valence-electron chi connectivity index (χ0n) is 16.4. The first-order valence-electron chi connectivity index (χ1n) is 10.2. The molecular weight excluding hydrogens is 324 g/mol. The molecule has 0 saturated carbocycles. The molecule has 1 atom stereocenters. The molecule has 2 heterocycles. The highest BCUT2D eigenvalue weighted by molar-refractivity contribution is 5.80. The van der Waals surface area contributed by atoms with E-state index in [1.54, 1.807) is 0 Å². The van der Waals surface area contributed by atoms with Gasteiger partial charge < -0.3 is 15.0 Å². The van der Waals surface area contributed by atoms with Gasteiger partial charge in [-0.25, -0.2) is 4.99 Å². The summed E-state index contributed by atoms with van der Waals surface area (Å²) in [6.07, 6.45) is 2.32. The van der Waals surface area contributed by atoms with Crippen LogP contribution in [0.25, 0.3) is 0 Å². The standard InChI is InChI=1S/C21H34N4O/c1-3-19-7-5-6-8-20(19)15-23-21(22-4-2)25-10-9-18(17-25)16-24-11-13-26-14-12-24/h5-8,18H,3-4,9-17H2,1-2H3,(H,22,23). The number of ether oxygens (including phenoxy) is 1. The molecule has 1 aromatic rings. The lowest BCUT2D eigenvalue weighted by atomic mass is 10.1. The molecule has 26 heavy (non-hydrogen) atoms. The SMILES string of the molecule is CCNC(=NCc1ccccc1CC)N1CCC(CN2CCOCC2)C1. The fourth-order valence-electron chi connectivity index (χ4n) is 3.97. The molecule has 144 valence electrons. The van der Waals surface area contributed by atoms with E-state index < -0.39 is 0 Å². The van der Waals surface area contributed by atoms with Crippen molar-refractivity contribution in [2.45, 2.75) is 33.2 Å². The minimum absolute atomic E-state index is 0.736. The van der Waals surface area contributed by atoms with Crippen LogP contribution in [0.2, 0.25) is 0 Å². The summed E-state index contributed by atoms with van der Waals surface area (Å²) in [5.74, 6) is 1.81. The van der Waals surface area contributed by atoms with Crippen molar-refractivity contribution in [1.29, 1.82) is 0 Å². The summed E-state index contributed by atoms with van der Waals surface area (Å²) < 4.78 is 5.47. The number of benzene rings is 1. The van der Waals surface area contributed by atoms with Gasteiger partial charge >= 0.3 is 0 Å². The van der Waals surface area contributed by atoms with Gasteiger partial charge in [0.05, 0.1) is 19.8 Å². The number of hydrogen-bond donors (Lipinski definition) is 1. The number of morpholine rings is 1. The van der Waals surface area contributed by atoms with Crippen LogP contribution >= 0.6 is 0 Å². The number of rotatable bonds is 6. The predicted octanol–water partition coefficient (Wildman–Crippen LogP) is 2.37. The summed E-state index contributed by atoms with van der Waals surface area (Å²) in [6.45, 7) is 13.4. The molecule has 0 aliphatic carbocycles. The number of aryl methyl sites for hydroxylation is 1. The van der Waals surface area contributed by atoms with Gasteiger partial charge in [-0.1, -0.05) is 31.2 Å². The highest BCUT2D eigenvalue weighted by atomic mass is 16.5. The molecule has 0 bridgehead atoms. The fraction of sp³-hybridized carbons (Fsp3) is 0.667. The topological polar surface area (TPSA) is 40.1 Å². The molecule has 1 aromatic carbocycles. The Balaban J connectivity index is 1.58. The first-order chi connectivity index (χ1) is 12.8. The second-order valence-corrected chi connectivity index (χ2v) is 7.31. The largest absolute Gasteiger partial charge is 0.379 e. The summed E-state index contributed by atoms with van der Waals surface area (Å²) in [5, 5.41) is 3.50. The van der Waals surface area contributed by atoms with Crippen LogP contribution in [0.1, 0.15) is 31.4 Å². The third kappa shape index (κ3) is 5.21. The average molecular weight is 359 g/mol. The maximum absolute atomic E-state index is 5.47. The van der Waals surface area contributed by atoms with Crippen LogP contribution in [0.3, 0.4) is 0 Å². The molecular formula is C21H34N4O. The van der Waals surface area contributed by atoms with Gasteiger partial charge in [-0.3, -0.25) is 4.90 Å². The number of aliphatic imine (C=N–C) groups is 1. The quantitative estimate of drug-likeness (QED) is 0.626. The Bertz CT molecular complexity index is 583. The van der Waals surface area contributed by atoms with E-state index in [0.29, 0.717) is 0 Å². The zero-order chi connectivity index (χ0) is 18.2. The van der Waals surface area contributed by atoms with E-state index in [-0.39, 0.29) is 0 Å². The van der Waals surface area contributed by atoms with Crippen molar-refractivity contribution >= 4 is 5.96 Å². The molecule has 2 aliphatic rings. The molecule has 0 radical (unpaired) electrons. The van der Waals surface area contributed by atoms with Crippen LogP contribution < -0.4 is 5.32 Å². The third-order valence-corrected chi connectivity index (χ3v) is 5.44. The van der Waals surface area contributed by atoms with Gasteiger partial charge in [0.2, 0.25) is 0 Å². The Kier molecular flexibility index (Phi) is 7.32. The molecule has 2 fully saturated rings. The molecule has 0 amide bonds. The van der Waals surface area contributed by atoms with Gasteiger partial charge in [0.25, 0.3) is 0 Å².